The summed E-state index contributed by atoms with van der Waals surface area (Å²) in [5, 5.41) is 7.03. The highest BCUT2D eigenvalue weighted by molar-refractivity contribution is 7.26. The predicted molar refractivity (Wildman–Crippen MR) is 236 cm³/mol. The molecule has 0 saturated heterocycles. The van der Waals surface area contributed by atoms with E-state index in [9.17, 15) is 0 Å². The molecule has 0 N–H and O–H groups in total. The maximum absolute atomic E-state index is 6.82. The van der Waals surface area contributed by atoms with Crippen LogP contribution < -0.4 is 0 Å². The minimum absolute atomic E-state index is 0.653. The molecule has 0 aliphatic carbocycles. The SMILES string of the molecule is c1ccc(-c2nc(-c3ccccc3)nc(-c3cccc4c3sc3ccc(-c5cccc6c5oc5cccc(-n7c8ccccc8c8ccccc87)c56)cc34)n2)cc1. The Kier molecular flexibility index (Phi) is 7.03. The third-order valence-corrected chi connectivity index (χ3v) is 12.3. The van der Waals surface area contributed by atoms with Gasteiger partial charge in [-0.3, -0.25) is 0 Å². The molecule has 4 heterocycles. The number of hydrogen-bond acceptors (Lipinski definition) is 5. The molecule has 5 nitrogen and oxygen atoms in total. The van der Waals surface area contributed by atoms with Crippen LogP contribution in [-0.2, 0) is 0 Å². The molecule has 12 rings (SSSR count). The fraction of sp³-hybridized carbons (Fsp3) is 0. The first-order chi connectivity index (χ1) is 28.3. The number of nitrogens with zero attached hydrogens (tertiary/aromatic N) is 4. The fourth-order valence-corrected chi connectivity index (χ4v) is 9.69. The van der Waals surface area contributed by atoms with Crippen LogP contribution in [0.3, 0.4) is 0 Å². The van der Waals surface area contributed by atoms with Gasteiger partial charge in [-0.25, -0.2) is 15.0 Å². The summed E-state index contributed by atoms with van der Waals surface area (Å²) in [5.41, 5.74) is 10.3. The molecule has 0 atom stereocenters. The number of rotatable bonds is 5. The predicted octanol–water partition coefficient (Wildman–Crippen LogP) is 13.9. The van der Waals surface area contributed by atoms with E-state index in [1.54, 1.807) is 11.3 Å². The zero-order valence-electron chi connectivity index (χ0n) is 30.4. The number of fused-ring (bicyclic) bond motifs is 9. The standard InChI is InChI=1S/C51H30N4OS/c1-3-14-31(15-4-1)49-52-50(32-16-5-2-6-17-32)54-51(53-49)39-23-12-21-37-40-30-33(28-29-45(40)57-48(37)39)34-20-11-22-38-46-43(26-13-27-44(46)56-47(34)38)55-41-24-9-7-18-35(41)36-19-8-10-25-42(36)55/h1-30H. The largest absolute Gasteiger partial charge is 0.455 e. The number of furan rings is 1. The van der Waals surface area contributed by atoms with Gasteiger partial charge in [0.05, 0.1) is 22.1 Å². The molecule has 0 aliphatic heterocycles. The van der Waals surface area contributed by atoms with Gasteiger partial charge in [0.2, 0.25) is 0 Å². The Morgan fingerprint density at radius 1 is 0.421 bits per heavy atom. The smallest absolute Gasteiger partial charge is 0.165 e. The summed E-state index contributed by atoms with van der Waals surface area (Å²) in [6.45, 7) is 0. The Morgan fingerprint density at radius 2 is 1.00 bits per heavy atom. The topological polar surface area (TPSA) is 56.7 Å². The van der Waals surface area contributed by atoms with Gasteiger partial charge in [-0.1, -0.05) is 140 Å². The van der Waals surface area contributed by atoms with Gasteiger partial charge in [-0.15, -0.1) is 11.3 Å². The van der Waals surface area contributed by atoms with Crippen molar-refractivity contribution in [3.05, 3.63) is 182 Å². The minimum Gasteiger partial charge on any atom is -0.455 e. The molecule has 0 spiro atoms. The second kappa shape index (κ2) is 12.6. The average molecular weight is 747 g/mol. The van der Waals surface area contributed by atoms with Crippen molar-refractivity contribution in [1.82, 2.24) is 19.5 Å². The Hall–Kier alpha value is -7.41. The van der Waals surface area contributed by atoms with E-state index in [4.69, 9.17) is 19.4 Å². The van der Waals surface area contributed by atoms with E-state index in [1.165, 1.54) is 37.3 Å². The average Bonchev–Trinajstić information content (AvgIpc) is 3.96. The first-order valence-corrected chi connectivity index (χ1v) is 19.8. The molecule has 266 valence electrons. The summed E-state index contributed by atoms with van der Waals surface area (Å²) in [4.78, 5) is 15.1. The third-order valence-electron chi connectivity index (χ3n) is 11.1. The fourth-order valence-electron chi connectivity index (χ4n) is 8.50. The molecule has 57 heavy (non-hydrogen) atoms. The monoisotopic (exact) mass is 746 g/mol. The Balaban J connectivity index is 1.03. The van der Waals surface area contributed by atoms with Crippen LogP contribution in [0.5, 0.6) is 0 Å². The number of aromatic nitrogens is 4. The van der Waals surface area contributed by atoms with Gasteiger partial charge in [-0.2, -0.15) is 0 Å². The van der Waals surface area contributed by atoms with Crippen molar-refractivity contribution in [1.29, 1.82) is 0 Å². The lowest BCUT2D eigenvalue weighted by molar-refractivity contribution is 0.670. The highest BCUT2D eigenvalue weighted by Crippen LogP contribution is 2.44. The highest BCUT2D eigenvalue weighted by Gasteiger charge is 2.21. The molecule has 0 amide bonds. The Bertz CT molecular complexity index is 3420. The molecular weight excluding hydrogens is 717 g/mol. The van der Waals surface area contributed by atoms with Crippen molar-refractivity contribution < 1.29 is 4.42 Å². The van der Waals surface area contributed by atoms with Crippen molar-refractivity contribution in [3.8, 4) is 51.0 Å². The normalized spacial score (nSPS) is 11.9. The van der Waals surface area contributed by atoms with Gasteiger partial charge in [0.15, 0.2) is 17.5 Å². The molecule has 4 aromatic heterocycles. The molecule has 0 aliphatic rings. The van der Waals surface area contributed by atoms with Crippen LogP contribution in [0.25, 0.3) is 115 Å². The number of thiophene rings is 1. The zero-order valence-corrected chi connectivity index (χ0v) is 31.2. The van der Waals surface area contributed by atoms with Gasteiger partial charge in [0.1, 0.15) is 11.2 Å². The van der Waals surface area contributed by atoms with Crippen LogP contribution in [-0.4, -0.2) is 19.5 Å². The summed E-state index contributed by atoms with van der Waals surface area (Å²) < 4.78 is 11.5. The summed E-state index contributed by atoms with van der Waals surface area (Å²) in [6, 6.07) is 63.7. The molecule has 12 aromatic rings. The van der Waals surface area contributed by atoms with Crippen molar-refractivity contribution >= 4 is 75.3 Å². The van der Waals surface area contributed by atoms with Gasteiger partial charge in [0, 0.05) is 58.6 Å². The van der Waals surface area contributed by atoms with E-state index >= 15 is 0 Å². The summed E-state index contributed by atoms with van der Waals surface area (Å²) in [5.74, 6) is 1.96. The minimum atomic E-state index is 0.653. The first-order valence-electron chi connectivity index (χ1n) is 19.0. The van der Waals surface area contributed by atoms with E-state index in [1.807, 2.05) is 60.7 Å². The Labute approximate surface area is 330 Å². The first kappa shape index (κ1) is 31.9. The van der Waals surface area contributed by atoms with E-state index in [2.05, 4.69) is 126 Å². The molecule has 0 bridgehead atoms. The van der Waals surface area contributed by atoms with Gasteiger partial charge in [-0.05, 0) is 48.0 Å². The lowest BCUT2D eigenvalue weighted by Crippen LogP contribution is -2.00. The molecule has 0 radical (unpaired) electrons. The summed E-state index contributed by atoms with van der Waals surface area (Å²) in [7, 11) is 0. The van der Waals surface area contributed by atoms with Crippen LogP contribution >= 0.6 is 11.3 Å². The van der Waals surface area contributed by atoms with Crippen molar-refractivity contribution in [2.45, 2.75) is 0 Å². The number of benzene rings is 8. The van der Waals surface area contributed by atoms with E-state index in [0.717, 1.165) is 60.1 Å². The van der Waals surface area contributed by atoms with Crippen molar-refractivity contribution in [2.75, 3.05) is 0 Å². The van der Waals surface area contributed by atoms with E-state index in [0.29, 0.717) is 17.5 Å². The molecule has 0 fully saturated rings. The van der Waals surface area contributed by atoms with Crippen molar-refractivity contribution in [2.24, 2.45) is 0 Å². The lowest BCUT2D eigenvalue weighted by atomic mass is 9.99. The maximum atomic E-state index is 6.82. The second-order valence-electron chi connectivity index (χ2n) is 14.3. The highest BCUT2D eigenvalue weighted by atomic mass is 32.1. The second-order valence-corrected chi connectivity index (χ2v) is 15.4. The van der Waals surface area contributed by atoms with Crippen LogP contribution in [0.4, 0.5) is 0 Å². The lowest BCUT2D eigenvalue weighted by Gasteiger charge is -2.09. The molecule has 0 unspecified atom stereocenters. The van der Waals surface area contributed by atoms with Gasteiger partial charge >= 0.3 is 0 Å². The van der Waals surface area contributed by atoms with E-state index in [-0.39, 0.29) is 0 Å². The van der Waals surface area contributed by atoms with Gasteiger partial charge < -0.3 is 8.98 Å². The van der Waals surface area contributed by atoms with Crippen LogP contribution in [0.2, 0.25) is 0 Å². The molecule has 0 saturated carbocycles. The number of hydrogen-bond donors (Lipinski definition) is 0. The summed E-state index contributed by atoms with van der Waals surface area (Å²) >= 11 is 1.77. The maximum Gasteiger partial charge on any atom is 0.165 e. The zero-order chi connectivity index (χ0) is 37.5. The number of para-hydroxylation sites is 3. The quantitative estimate of drug-likeness (QED) is 0.176. The van der Waals surface area contributed by atoms with E-state index < -0.39 is 0 Å². The van der Waals surface area contributed by atoms with Crippen LogP contribution in [0.1, 0.15) is 0 Å². The van der Waals surface area contributed by atoms with Crippen LogP contribution in [0.15, 0.2) is 186 Å². The van der Waals surface area contributed by atoms with Crippen molar-refractivity contribution in [3.63, 3.8) is 0 Å². The van der Waals surface area contributed by atoms with Crippen LogP contribution in [0, 0.1) is 0 Å². The molecular formula is C51H30N4OS. The Morgan fingerprint density at radius 3 is 1.70 bits per heavy atom. The van der Waals surface area contributed by atoms with Gasteiger partial charge in [0.25, 0.3) is 0 Å². The summed E-state index contributed by atoms with van der Waals surface area (Å²) in [6.07, 6.45) is 0. The molecule has 6 heteroatoms. The molecule has 8 aromatic carbocycles. The third kappa shape index (κ3) is 4.98.